The highest BCUT2D eigenvalue weighted by Gasteiger charge is 2.28. The number of nitrogens with one attached hydrogen (secondary N) is 1. The largest absolute Gasteiger partial charge is 0.396 e. The fourth-order valence-electron chi connectivity index (χ4n) is 2.43. The molecule has 1 aliphatic heterocycles. The van der Waals surface area contributed by atoms with Gasteiger partial charge < -0.3 is 15.8 Å². The van der Waals surface area contributed by atoms with E-state index < -0.39 is 0 Å². The predicted molar refractivity (Wildman–Crippen MR) is 82.3 cm³/mol. The van der Waals surface area contributed by atoms with Crippen LogP contribution < -0.4 is 11.1 Å². The van der Waals surface area contributed by atoms with E-state index in [1.807, 2.05) is 0 Å². The van der Waals surface area contributed by atoms with Crippen molar-refractivity contribution in [3.8, 4) is 0 Å². The molecule has 0 bridgehead atoms. The molecule has 3 rings (SSSR count). The van der Waals surface area contributed by atoms with Crippen LogP contribution in [-0.4, -0.2) is 35.6 Å². The van der Waals surface area contributed by atoms with Gasteiger partial charge in [-0.1, -0.05) is 6.92 Å². The van der Waals surface area contributed by atoms with E-state index in [-0.39, 0.29) is 11.3 Å². The third-order valence-corrected chi connectivity index (χ3v) is 5.05. The fraction of sp³-hybridized carbons (Fsp3) is 0.500. The Morgan fingerprint density at radius 1 is 1.43 bits per heavy atom. The lowest BCUT2D eigenvalue weighted by Crippen LogP contribution is -2.39. The van der Waals surface area contributed by atoms with Gasteiger partial charge in [0, 0.05) is 32.2 Å². The van der Waals surface area contributed by atoms with Crippen LogP contribution in [0.15, 0.2) is 12.4 Å². The first kappa shape index (κ1) is 14.2. The Bertz CT molecular complexity index is 664. The summed E-state index contributed by atoms with van der Waals surface area (Å²) < 4.78 is 5.37. The number of thiophene rings is 1. The lowest BCUT2D eigenvalue weighted by Gasteiger charge is -2.33. The van der Waals surface area contributed by atoms with Crippen LogP contribution in [0, 0.1) is 5.41 Å². The van der Waals surface area contributed by atoms with Crippen LogP contribution in [0.1, 0.15) is 29.4 Å². The zero-order valence-electron chi connectivity index (χ0n) is 11.9. The first-order valence-electron chi connectivity index (χ1n) is 6.94. The molecule has 0 atom stereocenters. The van der Waals surface area contributed by atoms with Gasteiger partial charge in [-0.05, 0) is 18.3 Å². The molecular formula is C14H18N4O2S. The number of nitrogens with zero attached hydrogens (tertiary/aromatic N) is 2. The van der Waals surface area contributed by atoms with E-state index in [0.29, 0.717) is 27.5 Å². The number of amides is 1. The zero-order valence-corrected chi connectivity index (χ0v) is 12.7. The number of rotatable bonds is 3. The molecule has 21 heavy (non-hydrogen) atoms. The topological polar surface area (TPSA) is 90.1 Å². The Morgan fingerprint density at radius 3 is 2.86 bits per heavy atom. The molecule has 1 fully saturated rings. The van der Waals surface area contributed by atoms with E-state index in [1.54, 1.807) is 12.4 Å². The van der Waals surface area contributed by atoms with Gasteiger partial charge in [-0.3, -0.25) is 4.79 Å². The van der Waals surface area contributed by atoms with Crippen molar-refractivity contribution in [3.63, 3.8) is 0 Å². The second-order valence-electron chi connectivity index (χ2n) is 5.66. The summed E-state index contributed by atoms with van der Waals surface area (Å²) in [7, 11) is 0. The van der Waals surface area contributed by atoms with Crippen LogP contribution >= 0.6 is 11.3 Å². The average Bonchev–Trinajstić information content (AvgIpc) is 2.84. The number of nitrogen functional groups attached to an aromatic ring is 1. The van der Waals surface area contributed by atoms with Crippen molar-refractivity contribution in [2.45, 2.75) is 19.8 Å². The summed E-state index contributed by atoms with van der Waals surface area (Å²) in [5, 5.41) is 2.99. The monoisotopic (exact) mass is 306 g/mol. The molecule has 3 heterocycles. The van der Waals surface area contributed by atoms with Gasteiger partial charge in [0.25, 0.3) is 5.91 Å². The molecular weight excluding hydrogens is 288 g/mol. The van der Waals surface area contributed by atoms with Gasteiger partial charge in [0.1, 0.15) is 15.2 Å². The van der Waals surface area contributed by atoms with Crippen molar-refractivity contribution < 1.29 is 9.53 Å². The summed E-state index contributed by atoms with van der Waals surface area (Å²) in [5.74, 6) is -0.148. The third kappa shape index (κ3) is 2.84. The number of anilines is 1. The Kier molecular flexibility index (Phi) is 3.77. The minimum atomic E-state index is -0.148. The minimum absolute atomic E-state index is 0.0931. The molecule has 1 saturated heterocycles. The minimum Gasteiger partial charge on any atom is -0.396 e. The van der Waals surface area contributed by atoms with Crippen LogP contribution in [0.2, 0.25) is 0 Å². The summed E-state index contributed by atoms with van der Waals surface area (Å²) >= 11 is 1.28. The SMILES string of the molecule is CC1(CNC(=O)c2sc3nccnc3c2N)CCOCC1. The Morgan fingerprint density at radius 2 is 2.14 bits per heavy atom. The van der Waals surface area contributed by atoms with Crippen molar-refractivity contribution in [2.24, 2.45) is 5.41 Å². The summed E-state index contributed by atoms with van der Waals surface area (Å²) in [4.78, 5) is 21.9. The highest BCUT2D eigenvalue weighted by molar-refractivity contribution is 7.21. The van der Waals surface area contributed by atoms with Crippen LogP contribution in [0.25, 0.3) is 10.3 Å². The molecule has 112 valence electrons. The van der Waals surface area contributed by atoms with Gasteiger partial charge in [-0.15, -0.1) is 11.3 Å². The summed E-state index contributed by atoms with van der Waals surface area (Å²) in [6.07, 6.45) is 5.09. The zero-order chi connectivity index (χ0) is 14.9. The van der Waals surface area contributed by atoms with E-state index in [2.05, 4.69) is 22.2 Å². The number of nitrogens with two attached hydrogens (primary N) is 1. The van der Waals surface area contributed by atoms with Crippen LogP contribution in [0.3, 0.4) is 0 Å². The highest BCUT2D eigenvalue weighted by Crippen LogP contribution is 2.31. The third-order valence-electron chi connectivity index (χ3n) is 3.95. The van der Waals surface area contributed by atoms with Gasteiger partial charge in [-0.25, -0.2) is 9.97 Å². The lowest BCUT2D eigenvalue weighted by molar-refractivity contribution is 0.0239. The summed E-state index contributed by atoms with van der Waals surface area (Å²) in [5.41, 5.74) is 7.12. The molecule has 1 aliphatic rings. The molecule has 7 heteroatoms. The molecule has 0 saturated carbocycles. The maximum absolute atomic E-state index is 12.4. The molecule has 0 aliphatic carbocycles. The average molecular weight is 306 g/mol. The normalized spacial score (nSPS) is 17.8. The molecule has 0 radical (unpaired) electrons. The maximum Gasteiger partial charge on any atom is 0.263 e. The maximum atomic E-state index is 12.4. The van der Waals surface area contributed by atoms with Crippen LogP contribution in [0.5, 0.6) is 0 Å². The number of carbonyl (C=O) groups is 1. The van der Waals surface area contributed by atoms with Crippen molar-refractivity contribution in [1.29, 1.82) is 0 Å². The van der Waals surface area contributed by atoms with E-state index >= 15 is 0 Å². The lowest BCUT2D eigenvalue weighted by atomic mass is 9.82. The number of hydrogen-bond donors (Lipinski definition) is 2. The van der Waals surface area contributed by atoms with Gasteiger partial charge in [-0.2, -0.15) is 0 Å². The molecule has 0 aromatic carbocycles. The molecule has 2 aromatic rings. The number of ether oxygens (including phenoxy) is 1. The van der Waals surface area contributed by atoms with Gasteiger partial charge in [0.2, 0.25) is 0 Å². The van der Waals surface area contributed by atoms with E-state index in [9.17, 15) is 4.79 Å². The van der Waals surface area contributed by atoms with Crippen molar-refractivity contribution in [3.05, 3.63) is 17.3 Å². The van der Waals surface area contributed by atoms with E-state index in [0.717, 1.165) is 26.1 Å². The second-order valence-corrected chi connectivity index (χ2v) is 6.66. The second kappa shape index (κ2) is 5.57. The van der Waals surface area contributed by atoms with Gasteiger partial charge >= 0.3 is 0 Å². The Hall–Kier alpha value is -1.73. The number of fused-ring (bicyclic) bond motifs is 1. The molecule has 3 N–H and O–H groups in total. The van der Waals surface area contributed by atoms with Gasteiger partial charge in [0.05, 0.1) is 5.69 Å². The molecule has 2 aromatic heterocycles. The van der Waals surface area contributed by atoms with Crippen LogP contribution in [0.4, 0.5) is 5.69 Å². The molecule has 1 amide bonds. The Labute approximate surface area is 126 Å². The standard InChI is InChI=1S/C14H18N4O2S/c1-14(2-6-20-7-3-14)8-18-12(19)11-9(15)10-13(21-11)17-5-4-16-10/h4-5H,2-3,6-8,15H2,1H3,(H,18,19). The number of hydrogen-bond acceptors (Lipinski definition) is 6. The number of carbonyl (C=O) groups excluding carboxylic acids is 1. The van der Waals surface area contributed by atoms with Crippen molar-refractivity contribution in [2.75, 3.05) is 25.5 Å². The molecule has 6 nitrogen and oxygen atoms in total. The Balaban J connectivity index is 1.73. The van der Waals surface area contributed by atoms with Crippen LogP contribution in [-0.2, 0) is 4.74 Å². The van der Waals surface area contributed by atoms with E-state index in [1.165, 1.54) is 11.3 Å². The molecule has 0 spiro atoms. The van der Waals surface area contributed by atoms with Crippen molar-refractivity contribution in [1.82, 2.24) is 15.3 Å². The number of aromatic nitrogens is 2. The first-order chi connectivity index (χ1) is 10.1. The summed E-state index contributed by atoms with van der Waals surface area (Å²) in [6.45, 7) is 4.31. The quantitative estimate of drug-likeness (QED) is 0.902. The highest BCUT2D eigenvalue weighted by atomic mass is 32.1. The smallest absolute Gasteiger partial charge is 0.263 e. The fourth-order valence-corrected chi connectivity index (χ4v) is 3.37. The molecule has 0 unspecified atom stereocenters. The van der Waals surface area contributed by atoms with E-state index in [4.69, 9.17) is 10.5 Å². The predicted octanol–water partition coefficient (Wildman–Crippen LogP) is 1.82. The van der Waals surface area contributed by atoms with Crippen molar-refractivity contribution >= 4 is 33.3 Å². The first-order valence-corrected chi connectivity index (χ1v) is 7.76. The van der Waals surface area contributed by atoms with Gasteiger partial charge in [0.15, 0.2) is 0 Å². The summed E-state index contributed by atoms with van der Waals surface area (Å²) in [6, 6.07) is 0.